The van der Waals surface area contributed by atoms with Gasteiger partial charge in [0.25, 0.3) is 0 Å². The Morgan fingerprint density at radius 3 is 2.89 bits per heavy atom. The fourth-order valence-electron chi connectivity index (χ4n) is 1.91. The molecule has 0 amide bonds. The zero-order valence-electron chi connectivity index (χ0n) is 11.5. The van der Waals surface area contributed by atoms with E-state index in [1.807, 2.05) is 29.8 Å². The summed E-state index contributed by atoms with van der Waals surface area (Å²) >= 11 is 0. The van der Waals surface area contributed by atoms with Crippen LogP contribution in [0.15, 0.2) is 18.2 Å². The summed E-state index contributed by atoms with van der Waals surface area (Å²) in [6.45, 7) is 4.73. The molecule has 1 heterocycles. The van der Waals surface area contributed by atoms with Gasteiger partial charge in [0.05, 0.1) is 6.04 Å². The van der Waals surface area contributed by atoms with Crippen LogP contribution < -0.4 is 5.73 Å². The van der Waals surface area contributed by atoms with Gasteiger partial charge in [0.2, 0.25) is 0 Å². The fourth-order valence-corrected chi connectivity index (χ4v) is 1.91. The lowest BCUT2D eigenvalue weighted by Crippen LogP contribution is -2.11. The van der Waals surface area contributed by atoms with E-state index in [0.29, 0.717) is 6.61 Å². The van der Waals surface area contributed by atoms with Gasteiger partial charge in [-0.1, -0.05) is 0 Å². The lowest BCUT2D eigenvalue weighted by Gasteiger charge is -2.13. The van der Waals surface area contributed by atoms with E-state index in [9.17, 15) is 0 Å². The maximum absolute atomic E-state index is 5.83. The highest BCUT2D eigenvalue weighted by molar-refractivity contribution is 5.61. The van der Waals surface area contributed by atoms with Crippen molar-refractivity contribution < 1.29 is 4.74 Å². The van der Waals surface area contributed by atoms with Gasteiger partial charge in [-0.05, 0) is 54.5 Å². The first-order valence-corrected chi connectivity index (χ1v) is 6.26. The molecule has 2 N–H and O–H groups in total. The largest absolute Gasteiger partial charge is 0.399 e. The molecule has 0 aliphatic rings. The van der Waals surface area contributed by atoms with Crippen molar-refractivity contribution in [1.29, 1.82) is 0 Å². The molecule has 102 valence electrons. The number of ether oxygens (including phenoxy) is 1. The Morgan fingerprint density at radius 2 is 2.21 bits per heavy atom. The summed E-state index contributed by atoms with van der Waals surface area (Å²) < 4.78 is 6.92. The Morgan fingerprint density at radius 1 is 1.42 bits per heavy atom. The quantitative estimate of drug-likeness (QED) is 0.831. The van der Waals surface area contributed by atoms with Crippen LogP contribution in [0.5, 0.6) is 0 Å². The van der Waals surface area contributed by atoms with Crippen molar-refractivity contribution >= 4 is 5.69 Å². The number of methoxy groups -OCH3 is 1. The molecule has 0 bridgehead atoms. The molecule has 2 aromatic rings. The minimum Gasteiger partial charge on any atom is -0.399 e. The zero-order chi connectivity index (χ0) is 13.8. The van der Waals surface area contributed by atoms with Crippen molar-refractivity contribution in [3.8, 4) is 11.4 Å². The minimum atomic E-state index is 0.183. The Hall–Kier alpha value is -1.95. The van der Waals surface area contributed by atoms with E-state index in [1.54, 1.807) is 7.11 Å². The number of nitrogens with two attached hydrogens (primary N) is 1. The molecule has 2 rings (SSSR count). The van der Waals surface area contributed by atoms with E-state index < -0.39 is 0 Å². The van der Waals surface area contributed by atoms with Crippen LogP contribution >= 0.6 is 0 Å². The number of benzene rings is 1. The highest BCUT2D eigenvalue weighted by atomic mass is 16.5. The first-order chi connectivity index (χ1) is 9.13. The van der Waals surface area contributed by atoms with Crippen LogP contribution in [0.2, 0.25) is 0 Å². The van der Waals surface area contributed by atoms with Gasteiger partial charge in [-0.15, -0.1) is 5.10 Å². The third-order valence-electron chi connectivity index (χ3n) is 3.18. The number of anilines is 1. The number of nitrogens with zero attached hydrogens (tertiary/aromatic N) is 4. The lowest BCUT2D eigenvalue weighted by atomic mass is 10.1. The lowest BCUT2D eigenvalue weighted by molar-refractivity contribution is 0.178. The third kappa shape index (κ3) is 2.90. The highest BCUT2D eigenvalue weighted by Crippen LogP contribution is 2.23. The van der Waals surface area contributed by atoms with E-state index in [2.05, 4.69) is 22.4 Å². The van der Waals surface area contributed by atoms with Crippen LogP contribution in [0, 0.1) is 6.92 Å². The summed E-state index contributed by atoms with van der Waals surface area (Å²) in [6, 6.07) is 6.00. The Labute approximate surface area is 112 Å². The third-order valence-corrected chi connectivity index (χ3v) is 3.18. The van der Waals surface area contributed by atoms with Gasteiger partial charge < -0.3 is 10.5 Å². The molecule has 0 aliphatic heterocycles. The van der Waals surface area contributed by atoms with E-state index in [-0.39, 0.29) is 6.04 Å². The van der Waals surface area contributed by atoms with Gasteiger partial charge in [0.15, 0.2) is 5.82 Å². The molecule has 1 aromatic heterocycles. The Balaban J connectivity index is 2.30. The topological polar surface area (TPSA) is 78.8 Å². The number of aromatic nitrogens is 4. The molecule has 0 fully saturated rings. The van der Waals surface area contributed by atoms with Crippen molar-refractivity contribution in [2.45, 2.75) is 26.3 Å². The number of nitrogen functional groups attached to an aromatic ring is 1. The molecular formula is C13H19N5O. The number of hydrogen-bond acceptors (Lipinski definition) is 5. The smallest absolute Gasteiger partial charge is 0.182 e. The first-order valence-electron chi connectivity index (χ1n) is 6.26. The van der Waals surface area contributed by atoms with Crippen LogP contribution in [0.4, 0.5) is 5.69 Å². The van der Waals surface area contributed by atoms with Crippen LogP contribution in [0.3, 0.4) is 0 Å². The molecule has 0 aliphatic carbocycles. The molecule has 6 nitrogen and oxygen atoms in total. The zero-order valence-corrected chi connectivity index (χ0v) is 11.5. The molecule has 0 saturated carbocycles. The standard InChI is InChI=1S/C13H19N5O/c1-9-8-11(4-5-12(9)14)13-15-16-17-18(13)10(2)6-7-19-3/h4-5,8,10H,6-7,14H2,1-3H3. The molecular weight excluding hydrogens is 242 g/mol. The van der Waals surface area contributed by atoms with E-state index in [4.69, 9.17) is 10.5 Å². The van der Waals surface area contributed by atoms with Gasteiger partial charge in [-0.2, -0.15) is 0 Å². The molecule has 19 heavy (non-hydrogen) atoms. The van der Waals surface area contributed by atoms with Crippen LogP contribution in [-0.2, 0) is 4.74 Å². The van der Waals surface area contributed by atoms with Crippen molar-refractivity contribution in [2.24, 2.45) is 0 Å². The molecule has 0 spiro atoms. The number of tetrazole rings is 1. The Bertz CT molecular complexity index is 552. The van der Waals surface area contributed by atoms with Gasteiger partial charge in [-0.25, -0.2) is 4.68 Å². The van der Waals surface area contributed by atoms with Gasteiger partial charge in [0, 0.05) is 25.0 Å². The second-order valence-electron chi connectivity index (χ2n) is 4.65. The second-order valence-corrected chi connectivity index (χ2v) is 4.65. The summed E-state index contributed by atoms with van der Waals surface area (Å²) in [5.41, 5.74) is 8.60. The van der Waals surface area contributed by atoms with Crippen LogP contribution in [-0.4, -0.2) is 33.9 Å². The summed E-state index contributed by atoms with van der Waals surface area (Å²) in [7, 11) is 1.69. The first kappa shape index (κ1) is 13.5. The van der Waals surface area contributed by atoms with Crippen LogP contribution in [0.25, 0.3) is 11.4 Å². The van der Waals surface area contributed by atoms with E-state index in [1.165, 1.54) is 0 Å². The molecule has 1 unspecified atom stereocenters. The summed E-state index contributed by atoms with van der Waals surface area (Å²) in [4.78, 5) is 0. The van der Waals surface area contributed by atoms with E-state index >= 15 is 0 Å². The van der Waals surface area contributed by atoms with Crippen molar-refractivity contribution in [3.05, 3.63) is 23.8 Å². The SMILES string of the molecule is COCCC(C)n1nnnc1-c1ccc(N)c(C)c1. The predicted molar refractivity (Wildman–Crippen MR) is 73.6 cm³/mol. The summed E-state index contributed by atoms with van der Waals surface area (Å²) in [5, 5.41) is 11.9. The highest BCUT2D eigenvalue weighted by Gasteiger charge is 2.14. The van der Waals surface area contributed by atoms with Gasteiger partial charge in [0.1, 0.15) is 0 Å². The van der Waals surface area contributed by atoms with Crippen molar-refractivity contribution in [1.82, 2.24) is 20.2 Å². The average molecular weight is 261 g/mol. The van der Waals surface area contributed by atoms with Gasteiger partial charge >= 0.3 is 0 Å². The molecule has 1 atom stereocenters. The van der Waals surface area contributed by atoms with Gasteiger partial charge in [-0.3, -0.25) is 0 Å². The summed E-state index contributed by atoms with van der Waals surface area (Å²) in [6.07, 6.45) is 0.864. The monoisotopic (exact) mass is 261 g/mol. The molecule has 0 radical (unpaired) electrons. The maximum Gasteiger partial charge on any atom is 0.182 e. The number of rotatable bonds is 5. The van der Waals surface area contributed by atoms with Crippen molar-refractivity contribution in [3.63, 3.8) is 0 Å². The summed E-state index contributed by atoms with van der Waals surface area (Å²) in [5.74, 6) is 0.756. The van der Waals surface area contributed by atoms with E-state index in [0.717, 1.165) is 29.1 Å². The molecule has 1 aromatic carbocycles. The average Bonchev–Trinajstić information content (AvgIpc) is 2.88. The molecule has 0 saturated heterocycles. The number of aryl methyl sites for hydroxylation is 1. The fraction of sp³-hybridized carbons (Fsp3) is 0.462. The normalized spacial score (nSPS) is 12.6. The second kappa shape index (κ2) is 5.79. The Kier molecular flexibility index (Phi) is 4.11. The predicted octanol–water partition coefficient (Wildman–Crippen LogP) is 1.83. The minimum absolute atomic E-state index is 0.183. The maximum atomic E-state index is 5.83. The number of hydrogen-bond donors (Lipinski definition) is 1. The molecule has 6 heteroatoms. The van der Waals surface area contributed by atoms with Crippen LogP contribution in [0.1, 0.15) is 24.9 Å². The van der Waals surface area contributed by atoms with Crippen molar-refractivity contribution in [2.75, 3.05) is 19.5 Å².